The third-order valence-corrected chi connectivity index (χ3v) is 2.64. The fraction of sp³-hybridized carbons (Fsp3) is 0.364. The van der Waals surface area contributed by atoms with Gasteiger partial charge in [0.15, 0.2) is 0 Å². The second-order valence-electron chi connectivity index (χ2n) is 3.99. The molecule has 0 aliphatic heterocycles. The molecule has 0 spiro atoms. The van der Waals surface area contributed by atoms with Crippen molar-refractivity contribution in [1.82, 2.24) is 19.7 Å². The van der Waals surface area contributed by atoms with Gasteiger partial charge < -0.3 is 0 Å². The minimum atomic E-state index is 0.313. The lowest BCUT2D eigenvalue weighted by molar-refractivity contribution is 0.766. The van der Waals surface area contributed by atoms with Crippen molar-refractivity contribution < 1.29 is 0 Å². The van der Waals surface area contributed by atoms with Gasteiger partial charge in [0.05, 0.1) is 11.9 Å². The van der Waals surface area contributed by atoms with Gasteiger partial charge in [-0.05, 0) is 22.0 Å². The standard InChI is InChI=1S/C11H13BrN4/c1-7(2)11-14-9(4-10(12)15-11)8-5-13-16(3)6-8/h4-7H,1-3H3. The van der Waals surface area contributed by atoms with Crippen LogP contribution in [0.25, 0.3) is 11.3 Å². The Morgan fingerprint density at radius 2 is 2.06 bits per heavy atom. The van der Waals surface area contributed by atoms with Gasteiger partial charge in [0, 0.05) is 24.7 Å². The molecule has 2 rings (SSSR count). The van der Waals surface area contributed by atoms with E-state index in [-0.39, 0.29) is 0 Å². The van der Waals surface area contributed by atoms with Crippen molar-refractivity contribution in [3.8, 4) is 11.3 Å². The second-order valence-corrected chi connectivity index (χ2v) is 4.80. The molecule has 0 aliphatic carbocycles. The van der Waals surface area contributed by atoms with Crippen LogP contribution in [0.2, 0.25) is 0 Å². The zero-order valence-electron chi connectivity index (χ0n) is 9.48. The van der Waals surface area contributed by atoms with E-state index in [0.29, 0.717) is 5.92 Å². The molecule has 0 N–H and O–H groups in total. The lowest BCUT2D eigenvalue weighted by Crippen LogP contribution is -1.99. The maximum Gasteiger partial charge on any atom is 0.132 e. The Labute approximate surface area is 103 Å². The fourth-order valence-corrected chi connectivity index (χ4v) is 1.79. The summed E-state index contributed by atoms with van der Waals surface area (Å²) in [6.45, 7) is 4.16. The van der Waals surface area contributed by atoms with E-state index in [4.69, 9.17) is 0 Å². The lowest BCUT2D eigenvalue weighted by atomic mass is 10.2. The first-order chi connectivity index (χ1) is 7.56. The molecule has 0 radical (unpaired) electrons. The summed E-state index contributed by atoms with van der Waals surface area (Å²) in [7, 11) is 1.89. The third-order valence-electron chi connectivity index (χ3n) is 2.23. The molecule has 0 unspecified atom stereocenters. The summed E-state index contributed by atoms with van der Waals surface area (Å²) >= 11 is 3.41. The molecular formula is C11H13BrN4. The van der Waals surface area contributed by atoms with Gasteiger partial charge in [-0.1, -0.05) is 13.8 Å². The summed E-state index contributed by atoms with van der Waals surface area (Å²) in [5.74, 6) is 1.15. The predicted octanol–water partition coefficient (Wildman–Crippen LogP) is 2.76. The third kappa shape index (κ3) is 2.29. The molecule has 0 atom stereocenters. The lowest BCUT2D eigenvalue weighted by Gasteiger charge is -2.06. The van der Waals surface area contributed by atoms with E-state index in [1.165, 1.54) is 0 Å². The average Bonchev–Trinajstić information content (AvgIpc) is 2.64. The van der Waals surface area contributed by atoms with Crippen LogP contribution >= 0.6 is 15.9 Å². The molecule has 0 amide bonds. The molecule has 0 bridgehead atoms. The molecule has 2 heterocycles. The number of rotatable bonds is 2. The number of nitrogens with zero attached hydrogens (tertiary/aromatic N) is 4. The Balaban J connectivity index is 2.49. The van der Waals surface area contributed by atoms with Gasteiger partial charge in [-0.15, -0.1) is 0 Å². The maximum absolute atomic E-state index is 4.52. The van der Waals surface area contributed by atoms with Crippen molar-refractivity contribution in [3.63, 3.8) is 0 Å². The Morgan fingerprint density at radius 3 is 2.62 bits per heavy atom. The van der Waals surface area contributed by atoms with Crippen molar-refractivity contribution in [1.29, 1.82) is 0 Å². The number of hydrogen-bond acceptors (Lipinski definition) is 3. The minimum Gasteiger partial charge on any atom is -0.275 e. The summed E-state index contributed by atoms with van der Waals surface area (Å²) in [6, 6.07) is 1.91. The van der Waals surface area contributed by atoms with Gasteiger partial charge in [0.25, 0.3) is 0 Å². The minimum absolute atomic E-state index is 0.313. The Kier molecular flexibility index (Phi) is 3.05. The molecule has 0 fully saturated rings. The fourth-order valence-electron chi connectivity index (χ4n) is 1.39. The summed E-state index contributed by atoms with van der Waals surface area (Å²) in [5.41, 5.74) is 1.91. The van der Waals surface area contributed by atoms with E-state index >= 15 is 0 Å². The van der Waals surface area contributed by atoms with E-state index in [9.17, 15) is 0 Å². The van der Waals surface area contributed by atoms with Crippen LogP contribution in [0.1, 0.15) is 25.6 Å². The highest BCUT2D eigenvalue weighted by atomic mass is 79.9. The highest BCUT2D eigenvalue weighted by Gasteiger charge is 2.09. The van der Waals surface area contributed by atoms with Crippen LogP contribution in [0.15, 0.2) is 23.1 Å². The highest BCUT2D eigenvalue weighted by Crippen LogP contribution is 2.22. The van der Waals surface area contributed by atoms with Crippen LogP contribution in [0.4, 0.5) is 0 Å². The Bertz CT molecular complexity index is 504. The van der Waals surface area contributed by atoms with Crippen LogP contribution < -0.4 is 0 Å². The SMILES string of the molecule is CC(C)c1nc(Br)cc(-c2cnn(C)c2)n1. The van der Waals surface area contributed by atoms with Gasteiger partial charge in [-0.2, -0.15) is 5.10 Å². The van der Waals surface area contributed by atoms with Crippen molar-refractivity contribution in [3.05, 3.63) is 28.9 Å². The first kappa shape index (κ1) is 11.3. The van der Waals surface area contributed by atoms with Gasteiger partial charge in [0.2, 0.25) is 0 Å². The van der Waals surface area contributed by atoms with Crippen molar-refractivity contribution >= 4 is 15.9 Å². The number of aryl methyl sites for hydroxylation is 1. The molecular weight excluding hydrogens is 268 g/mol. The van der Waals surface area contributed by atoms with E-state index in [1.54, 1.807) is 10.9 Å². The van der Waals surface area contributed by atoms with E-state index in [0.717, 1.165) is 21.7 Å². The Morgan fingerprint density at radius 1 is 1.31 bits per heavy atom. The Hall–Kier alpha value is -1.23. The normalized spacial score (nSPS) is 11.1. The van der Waals surface area contributed by atoms with Gasteiger partial charge in [-0.25, -0.2) is 9.97 Å². The highest BCUT2D eigenvalue weighted by molar-refractivity contribution is 9.10. The number of aromatic nitrogens is 4. The topological polar surface area (TPSA) is 43.6 Å². The smallest absolute Gasteiger partial charge is 0.132 e. The maximum atomic E-state index is 4.52. The van der Waals surface area contributed by atoms with Crippen LogP contribution in [-0.4, -0.2) is 19.7 Å². The zero-order valence-corrected chi connectivity index (χ0v) is 11.1. The zero-order chi connectivity index (χ0) is 11.7. The van der Waals surface area contributed by atoms with E-state index in [1.807, 2.05) is 19.3 Å². The molecule has 0 aliphatic rings. The summed E-state index contributed by atoms with van der Waals surface area (Å²) in [4.78, 5) is 8.87. The monoisotopic (exact) mass is 280 g/mol. The molecule has 2 aromatic rings. The van der Waals surface area contributed by atoms with Gasteiger partial charge in [-0.3, -0.25) is 4.68 Å². The van der Waals surface area contributed by atoms with Crippen LogP contribution in [0.3, 0.4) is 0 Å². The van der Waals surface area contributed by atoms with Gasteiger partial charge >= 0.3 is 0 Å². The van der Waals surface area contributed by atoms with Crippen LogP contribution in [0.5, 0.6) is 0 Å². The van der Waals surface area contributed by atoms with Crippen LogP contribution in [-0.2, 0) is 7.05 Å². The largest absolute Gasteiger partial charge is 0.275 e. The number of hydrogen-bond donors (Lipinski definition) is 0. The summed E-state index contributed by atoms with van der Waals surface area (Å²) in [5, 5.41) is 4.14. The quantitative estimate of drug-likeness (QED) is 0.795. The van der Waals surface area contributed by atoms with Crippen molar-refractivity contribution in [2.75, 3.05) is 0 Å². The van der Waals surface area contributed by atoms with Crippen molar-refractivity contribution in [2.45, 2.75) is 19.8 Å². The molecule has 5 heteroatoms. The summed E-state index contributed by atoms with van der Waals surface area (Å²) < 4.78 is 2.57. The summed E-state index contributed by atoms with van der Waals surface area (Å²) in [6.07, 6.45) is 3.75. The van der Waals surface area contributed by atoms with E-state index in [2.05, 4.69) is 44.8 Å². The van der Waals surface area contributed by atoms with E-state index < -0.39 is 0 Å². The first-order valence-electron chi connectivity index (χ1n) is 5.10. The number of halogens is 1. The molecule has 0 saturated heterocycles. The molecule has 2 aromatic heterocycles. The molecule has 84 valence electrons. The van der Waals surface area contributed by atoms with Crippen molar-refractivity contribution in [2.24, 2.45) is 7.05 Å². The molecule has 16 heavy (non-hydrogen) atoms. The predicted molar refractivity (Wildman–Crippen MR) is 66.0 cm³/mol. The van der Waals surface area contributed by atoms with Crippen LogP contribution in [0, 0.1) is 0 Å². The second kappa shape index (κ2) is 4.33. The molecule has 0 aromatic carbocycles. The van der Waals surface area contributed by atoms with Gasteiger partial charge in [0.1, 0.15) is 10.4 Å². The first-order valence-corrected chi connectivity index (χ1v) is 5.89. The molecule has 4 nitrogen and oxygen atoms in total. The molecule has 0 saturated carbocycles. The average molecular weight is 281 g/mol.